The second-order valence-electron chi connectivity index (χ2n) is 3.93. The van der Waals surface area contributed by atoms with Crippen LogP contribution < -0.4 is 5.32 Å². The van der Waals surface area contributed by atoms with Crippen LogP contribution in [0.2, 0.25) is 5.02 Å². The van der Waals surface area contributed by atoms with Crippen LogP contribution in [0.3, 0.4) is 0 Å². The van der Waals surface area contributed by atoms with Gasteiger partial charge in [-0.2, -0.15) is 0 Å². The molecule has 0 aliphatic rings. The minimum Gasteiger partial charge on any atom is -0.444 e. The van der Waals surface area contributed by atoms with Gasteiger partial charge in [0.15, 0.2) is 10.4 Å². The zero-order valence-corrected chi connectivity index (χ0v) is 12.5. The first-order chi connectivity index (χ1) is 9.38. The van der Waals surface area contributed by atoms with E-state index in [1.807, 2.05) is 0 Å². The molecular formula is C12H8BrClN2O4. The summed E-state index contributed by atoms with van der Waals surface area (Å²) in [7, 11) is 0. The van der Waals surface area contributed by atoms with E-state index in [4.69, 9.17) is 16.0 Å². The number of nitrogens with zero attached hydrogens (tertiary/aromatic N) is 1. The highest BCUT2D eigenvalue weighted by atomic mass is 79.9. The van der Waals surface area contributed by atoms with Crippen molar-refractivity contribution in [2.45, 2.75) is 6.92 Å². The Labute approximate surface area is 127 Å². The molecule has 104 valence electrons. The third-order valence-corrected chi connectivity index (χ3v) is 3.26. The molecule has 6 nitrogen and oxygen atoms in total. The molecule has 0 aliphatic heterocycles. The molecule has 20 heavy (non-hydrogen) atoms. The quantitative estimate of drug-likeness (QED) is 0.658. The average molecular weight is 360 g/mol. The van der Waals surface area contributed by atoms with E-state index in [9.17, 15) is 14.9 Å². The summed E-state index contributed by atoms with van der Waals surface area (Å²) in [5, 5.41) is 13.3. The molecule has 0 fully saturated rings. The van der Waals surface area contributed by atoms with Gasteiger partial charge in [0.1, 0.15) is 5.02 Å². The van der Waals surface area contributed by atoms with Crippen LogP contribution in [0, 0.1) is 17.0 Å². The molecule has 2 rings (SSSR count). The Hall–Kier alpha value is -1.86. The number of amides is 1. The van der Waals surface area contributed by atoms with Gasteiger partial charge in [-0.1, -0.05) is 11.6 Å². The van der Waals surface area contributed by atoms with Crippen molar-refractivity contribution in [3.63, 3.8) is 0 Å². The first-order valence-electron chi connectivity index (χ1n) is 5.39. The van der Waals surface area contributed by atoms with Crippen LogP contribution in [0.15, 0.2) is 33.4 Å². The lowest BCUT2D eigenvalue weighted by Gasteiger charge is -2.08. The molecule has 0 saturated carbocycles. The number of halogens is 2. The summed E-state index contributed by atoms with van der Waals surface area (Å²) in [5.74, 6) is -0.352. The van der Waals surface area contributed by atoms with Gasteiger partial charge in [0.05, 0.1) is 4.92 Å². The molecule has 0 unspecified atom stereocenters. The number of carbonyl (C=O) groups excluding carboxylic acids is 1. The van der Waals surface area contributed by atoms with E-state index in [2.05, 4.69) is 21.2 Å². The number of carbonyl (C=O) groups is 1. The zero-order valence-electron chi connectivity index (χ0n) is 10.1. The number of nitro benzene ring substituents is 1. The summed E-state index contributed by atoms with van der Waals surface area (Å²) in [6.07, 6.45) is 0. The fraction of sp³-hybridized carbons (Fsp3) is 0.0833. The standard InChI is InChI=1S/C12H8BrClN2O4/c1-6-4-9(16(18)19)7(14)5-8(6)15-12(17)10-2-3-11(13)20-10/h2-5H,1H3,(H,15,17). The van der Waals surface area contributed by atoms with Crippen molar-refractivity contribution in [1.82, 2.24) is 0 Å². The van der Waals surface area contributed by atoms with E-state index in [1.54, 1.807) is 13.0 Å². The monoisotopic (exact) mass is 358 g/mol. The van der Waals surface area contributed by atoms with Crippen LogP contribution in [-0.2, 0) is 0 Å². The van der Waals surface area contributed by atoms with Crippen LogP contribution in [0.5, 0.6) is 0 Å². The number of anilines is 1. The van der Waals surface area contributed by atoms with Crippen LogP contribution in [0.4, 0.5) is 11.4 Å². The molecule has 2 aromatic rings. The lowest BCUT2D eigenvalue weighted by atomic mass is 10.1. The fourth-order valence-electron chi connectivity index (χ4n) is 1.56. The normalized spacial score (nSPS) is 10.3. The second-order valence-corrected chi connectivity index (χ2v) is 5.12. The topological polar surface area (TPSA) is 85.4 Å². The molecule has 0 spiro atoms. The van der Waals surface area contributed by atoms with Gasteiger partial charge in [0.2, 0.25) is 0 Å². The molecular weight excluding hydrogens is 351 g/mol. The third-order valence-electron chi connectivity index (χ3n) is 2.54. The molecule has 1 heterocycles. The largest absolute Gasteiger partial charge is 0.444 e. The summed E-state index contributed by atoms with van der Waals surface area (Å²) in [4.78, 5) is 22.1. The SMILES string of the molecule is Cc1cc([N+](=O)[O-])c(Cl)cc1NC(=O)c1ccc(Br)o1. The first kappa shape index (κ1) is 14.5. The molecule has 0 bridgehead atoms. The predicted molar refractivity (Wildman–Crippen MR) is 77.2 cm³/mol. The summed E-state index contributed by atoms with van der Waals surface area (Å²) >= 11 is 8.90. The molecule has 0 atom stereocenters. The minimum absolute atomic E-state index is 0.0449. The number of benzene rings is 1. The van der Waals surface area contributed by atoms with Gasteiger partial charge in [-0.15, -0.1) is 0 Å². The Morgan fingerprint density at radius 3 is 2.70 bits per heavy atom. The maximum Gasteiger partial charge on any atom is 0.291 e. The number of furan rings is 1. The molecule has 1 N–H and O–H groups in total. The number of rotatable bonds is 3. The Morgan fingerprint density at radius 1 is 1.45 bits per heavy atom. The smallest absolute Gasteiger partial charge is 0.291 e. The van der Waals surface area contributed by atoms with Crippen molar-refractivity contribution < 1.29 is 14.1 Å². The number of hydrogen-bond acceptors (Lipinski definition) is 4. The van der Waals surface area contributed by atoms with E-state index in [-0.39, 0.29) is 16.5 Å². The Bertz CT molecular complexity index is 699. The van der Waals surface area contributed by atoms with E-state index in [0.29, 0.717) is 15.9 Å². The number of hydrogen-bond donors (Lipinski definition) is 1. The molecule has 8 heteroatoms. The van der Waals surface area contributed by atoms with Crippen LogP contribution >= 0.6 is 27.5 Å². The molecule has 0 aliphatic carbocycles. The van der Waals surface area contributed by atoms with Crippen LogP contribution in [0.1, 0.15) is 16.1 Å². The van der Waals surface area contributed by atoms with Gasteiger partial charge in [0, 0.05) is 11.8 Å². The van der Waals surface area contributed by atoms with Gasteiger partial charge in [-0.25, -0.2) is 0 Å². The highest BCUT2D eigenvalue weighted by molar-refractivity contribution is 9.10. The third kappa shape index (κ3) is 3.00. The highest BCUT2D eigenvalue weighted by Crippen LogP contribution is 2.30. The van der Waals surface area contributed by atoms with E-state index >= 15 is 0 Å². The molecule has 0 saturated heterocycles. The maximum absolute atomic E-state index is 11.9. The zero-order chi connectivity index (χ0) is 14.9. The summed E-state index contributed by atoms with van der Waals surface area (Å²) in [6, 6.07) is 5.73. The molecule has 1 aromatic carbocycles. The minimum atomic E-state index is -0.579. The highest BCUT2D eigenvalue weighted by Gasteiger charge is 2.17. The molecule has 1 amide bonds. The molecule has 0 radical (unpaired) electrons. The summed E-state index contributed by atoms with van der Waals surface area (Å²) in [5.41, 5.74) is 0.709. The predicted octanol–water partition coefficient (Wildman–Crippen LogP) is 4.16. The second kappa shape index (κ2) is 5.64. The lowest BCUT2D eigenvalue weighted by Crippen LogP contribution is -2.12. The van der Waals surface area contributed by atoms with E-state index < -0.39 is 10.8 Å². The van der Waals surface area contributed by atoms with Gasteiger partial charge < -0.3 is 9.73 Å². The van der Waals surface area contributed by atoms with Crippen molar-refractivity contribution in [1.29, 1.82) is 0 Å². The van der Waals surface area contributed by atoms with Gasteiger partial charge >= 0.3 is 0 Å². The molecule has 1 aromatic heterocycles. The van der Waals surface area contributed by atoms with Crippen molar-refractivity contribution in [3.05, 3.63) is 55.4 Å². The van der Waals surface area contributed by atoms with Gasteiger partial charge in [-0.3, -0.25) is 14.9 Å². The first-order valence-corrected chi connectivity index (χ1v) is 6.57. The van der Waals surface area contributed by atoms with E-state index in [1.165, 1.54) is 18.2 Å². The van der Waals surface area contributed by atoms with Crippen LogP contribution in [0.25, 0.3) is 0 Å². The fourth-order valence-corrected chi connectivity index (χ4v) is 2.10. The summed E-state index contributed by atoms with van der Waals surface area (Å²) < 4.78 is 5.54. The maximum atomic E-state index is 11.9. The Balaban J connectivity index is 2.28. The van der Waals surface area contributed by atoms with E-state index in [0.717, 1.165) is 0 Å². The number of nitro groups is 1. The Morgan fingerprint density at radius 2 is 2.15 bits per heavy atom. The van der Waals surface area contributed by atoms with Gasteiger partial charge in [0.25, 0.3) is 11.6 Å². The summed E-state index contributed by atoms with van der Waals surface area (Å²) in [6.45, 7) is 1.64. The van der Waals surface area contributed by atoms with Crippen molar-refractivity contribution in [2.24, 2.45) is 0 Å². The van der Waals surface area contributed by atoms with Crippen molar-refractivity contribution >= 4 is 44.8 Å². The number of nitrogens with one attached hydrogen (secondary N) is 1. The van der Waals surface area contributed by atoms with Gasteiger partial charge in [-0.05, 0) is 46.6 Å². The average Bonchev–Trinajstić information content (AvgIpc) is 2.79. The lowest BCUT2D eigenvalue weighted by molar-refractivity contribution is -0.384. The van der Waals surface area contributed by atoms with Crippen LogP contribution in [-0.4, -0.2) is 10.8 Å². The van der Waals surface area contributed by atoms with Crippen molar-refractivity contribution in [2.75, 3.05) is 5.32 Å². The number of aryl methyl sites for hydroxylation is 1. The van der Waals surface area contributed by atoms with Crippen molar-refractivity contribution in [3.8, 4) is 0 Å². The Kier molecular flexibility index (Phi) is 4.10.